The average Bonchev–Trinajstić information content (AvgIpc) is 3.33. The third-order valence-electron chi connectivity index (χ3n) is 5.02. The lowest BCUT2D eigenvalue weighted by Crippen LogP contribution is -2.49. The second-order valence-electron chi connectivity index (χ2n) is 6.60. The van der Waals surface area contributed by atoms with E-state index in [9.17, 15) is 9.18 Å². The monoisotopic (exact) mass is 379 g/mol. The number of hydrogen-bond donors (Lipinski definition) is 1. The van der Waals surface area contributed by atoms with Crippen LogP contribution in [0.15, 0.2) is 36.5 Å². The third kappa shape index (κ3) is 3.90. The van der Waals surface area contributed by atoms with Gasteiger partial charge >= 0.3 is 0 Å². The van der Waals surface area contributed by atoms with Crippen LogP contribution in [0, 0.1) is 5.82 Å². The van der Waals surface area contributed by atoms with Gasteiger partial charge < -0.3 is 10.2 Å². The molecule has 2 aromatic rings. The molecule has 0 saturated carbocycles. The molecule has 26 heavy (non-hydrogen) atoms. The van der Waals surface area contributed by atoms with Crippen molar-refractivity contribution in [1.29, 1.82) is 0 Å². The van der Waals surface area contributed by atoms with Gasteiger partial charge in [-0.3, -0.25) is 9.69 Å². The normalized spacial score (nSPS) is 20.8. The number of carbonyl (C=O) groups is 1. The third-order valence-corrected chi connectivity index (χ3v) is 5.02. The van der Waals surface area contributed by atoms with Crippen molar-refractivity contribution in [3.63, 3.8) is 0 Å². The lowest BCUT2D eigenvalue weighted by atomic mass is 10.2. The molecule has 0 bridgehead atoms. The van der Waals surface area contributed by atoms with Gasteiger partial charge in [-0.15, -0.1) is 12.4 Å². The fourth-order valence-electron chi connectivity index (χ4n) is 3.61. The van der Waals surface area contributed by atoms with Crippen LogP contribution in [0.2, 0.25) is 0 Å². The number of piperazine rings is 1. The van der Waals surface area contributed by atoms with E-state index in [4.69, 9.17) is 0 Å². The summed E-state index contributed by atoms with van der Waals surface area (Å²) in [6.07, 6.45) is 2.76. The summed E-state index contributed by atoms with van der Waals surface area (Å²) in [7, 11) is 0. The summed E-state index contributed by atoms with van der Waals surface area (Å²) in [6, 6.07) is 8.24. The topological polar surface area (TPSA) is 53.4 Å². The Morgan fingerprint density at radius 2 is 1.85 bits per heavy atom. The Labute approximate surface area is 158 Å². The summed E-state index contributed by atoms with van der Waals surface area (Å²) in [4.78, 5) is 17.1. The minimum Gasteiger partial charge on any atom is -0.336 e. The van der Waals surface area contributed by atoms with Crippen LogP contribution in [0.1, 0.15) is 16.9 Å². The van der Waals surface area contributed by atoms with Crippen molar-refractivity contribution in [2.45, 2.75) is 12.5 Å². The Morgan fingerprint density at radius 1 is 1.12 bits per heavy atom. The zero-order valence-corrected chi connectivity index (χ0v) is 15.3. The van der Waals surface area contributed by atoms with Gasteiger partial charge in [-0.05, 0) is 36.8 Å². The van der Waals surface area contributed by atoms with Gasteiger partial charge in [0.15, 0.2) is 5.69 Å². The van der Waals surface area contributed by atoms with E-state index in [0.29, 0.717) is 11.7 Å². The molecule has 2 fully saturated rings. The zero-order valence-electron chi connectivity index (χ0n) is 14.5. The first-order valence-corrected chi connectivity index (χ1v) is 8.76. The Bertz CT molecular complexity index is 744. The Balaban J connectivity index is 0.00000196. The minimum atomic E-state index is -0.289. The molecule has 1 atom stereocenters. The summed E-state index contributed by atoms with van der Waals surface area (Å²) in [6.45, 7) is 5.68. The SMILES string of the molecule is Cl.O=C(c1ccn(-c2ccc(F)cc2)n1)N1CCC(N2CCNCC2)C1. The van der Waals surface area contributed by atoms with E-state index in [0.717, 1.165) is 51.4 Å². The molecule has 6 nitrogen and oxygen atoms in total. The van der Waals surface area contributed by atoms with Gasteiger partial charge in [-0.2, -0.15) is 5.10 Å². The highest BCUT2D eigenvalue weighted by atomic mass is 35.5. The van der Waals surface area contributed by atoms with Crippen molar-refractivity contribution < 1.29 is 9.18 Å². The smallest absolute Gasteiger partial charge is 0.274 e. The molecule has 3 heterocycles. The number of aromatic nitrogens is 2. The first kappa shape index (κ1) is 18.8. The molecule has 1 amide bonds. The molecular weight excluding hydrogens is 357 g/mol. The van der Waals surface area contributed by atoms with Crippen LogP contribution in [0.25, 0.3) is 5.69 Å². The summed E-state index contributed by atoms with van der Waals surface area (Å²) in [5.41, 5.74) is 1.17. The largest absolute Gasteiger partial charge is 0.336 e. The molecule has 0 aliphatic carbocycles. The van der Waals surface area contributed by atoms with Crippen molar-refractivity contribution in [2.75, 3.05) is 39.3 Å². The van der Waals surface area contributed by atoms with Crippen LogP contribution >= 0.6 is 12.4 Å². The van der Waals surface area contributed by atoms with Crippen molar-refractivity contribution >= 4 is 18.3 Å². The maximum atomic E-state index is 13.0. The average molecular weight is 380 g/mol. The van der Waals surface area contributed by atoms with Crippen molar-refractivity contribution in [3.8, 4) is 5.69 Å². The number of carbonyl (C=O) groups excluding carboxylic acids is 1. The fourth-order valence-corrected chi connectivity index (χ4v) is 3.61. The van der Waals surface area contributed by atoms with Gasteiger partial charge in [0.05, 0.1) is 5.69 Å². The summed E-state index contributed by atoms with van der Waals surface area (Å²) < 4.78 is 14.6. The first-order chi connectivity index (χ1) is 12.2. The molecule has 2 saturated heterocycles. The van der Waals surface area contributed by atoms with Gasteiger partial charge in [0.1, 0.15) is 5.82 Å². The number of nitrogens with zero attached hydrogens (tertiary/aromatic N) is 4. The van der Waals surface area contributed by atoms with Crippen molar-refractivity contribution in [3.05, 3.63) is 48.0 Å². The molecular formula is C18H23ClFN5O. The standard InChI is InChI=1S/C18H22FN5O.ClH/c19-14-1-3-15(4-2-14)24-10-6-17(21-24)18(25)23-9-5-16(13-23)22-11-7-20-8-12-22;/h1-4,6,10,16,20H,5,7-9,11-13H2;1H. The minimum absolute atomic E-state index is 0. The molecule has 1 aromatic carbocycles. The zero-order chi connectivity index (χ0) is 17.2. The van der Waals surface area contributed by atoms with Gasteiger partial charge in [0.2, 0.25) is 0 Å². The van der Waals surface area contributed by atoms with Crippen LogP contribution in [-0.4, -0.2) is 70.8 Å². The maximum absolute atomic E-state index is 13.0. The van der Waals surface area contributed by atoms with E-state index < -0.39 is 0 Å². The lowest BCUT2D eigenvalue weighted by molar-refractivity contribution is 0.0767. The molecule has 4 rings (SSSR count). The second kappa shape index (κ2) is 8.16. The quantitative estimate of drug-likeness (QED) is 0.879. The Kier molecular flexibility index (Phi) is 5.90. The van der Waals surface area contributed by atoms with Crippen molar-refractivity contribution in [2.24, 2.45) is 0 Å². The van der Waals surface area contributed by atoms with Crippen LogP contribution in [0.5, 0.6) is 0 Å². The van der Waals surface area contributed by atoms with E-state index in [1.165, 1.54) is 12.1 Å². The number of nitrogens with one attached hydrogen (secondary N) is 1. The van der Waals surface area contributed by atoms with Gasteiger partial charge in [0, 0.05) is 51.5 Å². The van der Waals surface area contributed by atoms with Crippen LogP contribution in [-0.2, 0) is 0 Å². The number of likely N-dealkylation sites (tertiary alicyclic amines) is 1. The van der Waals surface area contributed by atoms with Gasteiger partial charge in [-0.1, -0.05) is 0 Å². The molecule has 8 heteroatoms. The molecule has 0 spiro atoms. The summed E-state index contributed by atoms with van der Waals surface area (Å²) in [5, 5.41) is 7.73. The van der Waals surface area contributed by atoms with E-state index in [-0.39, 0.29) is 24.1 Å². The highest BCUT2D eigenvalue weighted by molar-refractivity contribution is 5.92. The van der Waals surface area contributed by atoms with Crippen molar-refractivity contribution in [1.82, 2.24) is 24.9 Å². The molecule has 140 valence electrons. The van der Waals surface area contributed by atoms with E-state index in [1.807, 2.05) is 4.90 Å². The highest BCUT2D eigenvalue weighted by Gasteiger charge is 2.32. The van der Waals surface area contributed by atoms with Crippen LogP contribution in [0.3, 0.4) is 0 Å². The van der Waals surface area contributed by atoms with E-state index >= 15 is 0 Å². The first-order valence-electron chi connectivity index (χ1n) is 8.76. The number of rotatable bonds is 3. The van der Waals surface area contributed by atoms with Gasteiger partial charge in [0.25, 0.3) is 5.91 Å². The highest BCUT2D eigenvalue weighted by Crippen LogP contribution is 2.18. The predicted molar refractivity (Wildman–Crippen MR) is 99.5 cm³/mol. The number of hydrogen-bond acceptors (Lipinski definition) is 4. The Morgan fingerprint density at radius 3 is 2.58 bits per heavy atom. The molecule has 1 aromatic heterocycles. The van der Waals surface area contributed by atoms with E-state index in [2.05, 4.69) is 15.3 Å². The number of halogens is 2. The van der Waals surface area contributed by atoms with Crippen LogP contribution in [0.4, 0.5) is 4.39 Å². The summed E-state index contributed by atoms with van der Waals surface area (Å²) in [5.74, 6) is -0.318. The van der Waals surface area contributed by atoms with Crippen LogP contribution < -0.4 is 5.32 Å². The Hall–Kier alpha value is -1.96. The fraction of sp³-hybridized carbons (Fsp3) is 0.444. The molecule has 1 unspecified atom stereocenters. The maximum Gasteiger partial charge on any atom is 0.274 e. The second-order valence-corrected chi connectivity index (χ2v) is 6.60. The molecule has 2 aliphatic rings. The number of amides is 1. The lowest BCUT2D eigenvalue weighted by Gasteiger charge is -2.32. The summed E-state index contributed by atoms with van der Waals surface area (Å²) >= 11 is 0. The van der Waals surface area contributed by atoms with Gasteiger partial charge in [-0.25, -0.2) is 9.07 Å². The van der Waals surface area contributed by atoms with E-state index in [1.54, 1.807) is 29.1 Å². The predicted octanol–water partition coefficient (Wildman–Crippen LogP) is 1.55. The molecule has 1 N–H and O–H groups in total. The number of benzene rings is 1. The molecule has 0 radical (unpaired) electrons. The molecule has 2 aliphatic heterocycles.